The second kappa shape index (κ2) is 9.14. The summed E-state index contributed by atoms with van der Waals surface area (Å²) in [6, 6.07) is 28.3. The molecule has 0 unspecified atom stereocenters. The average Bonchev–Trinajstić information content (AvgIpc) is 3.35. The molecule has 6 rings (SSSR count). The van der Waals surface area contributed by atoms with Gasteiger partial charge in [0.15, 0.2) is 5.78 Å². The van der Waals surface area contributed by atoms with E-state index in [-0.39, 0.29) is 31.6 Å². The number of pyridine rings is 1. The number of carbonyl (C=O) groups excluding carboxylic acids is 1. The summed E-state index contributed by atoms with van der Waals surface area (Å²) in [4.78, 5) is 14.9. The maximum atomic E-state index is 10.0. The topological polar surface area (TPSA) is 63.3 Å². The van der Waals surface area contributed by atoms with E-state index in [0.717, 1.165) is 22.2 Å². The quantitative estimate of drug-likeness (QED) is 0.129. The van der Waals surface area contributed by atoms with Gasteiger partial charge in [-0.1, -0.05) is 60.7 Å². The minimum absolute atomic E-state index is 0. The van der Waals surface area contributed by atoms with Gasteiger partial charge in [0.2, 0.25) is 0 Å². The van der Waals surface area contributed by atoms with E-state index in [1.54, 1.807) is 0 Å². The number of nitrogens with zero attached hydrogens (tertiary/aromatic N) is 1. The Kier molecular flexibility index (Phi) is 6.28. The Labute approximate surface area is 204 Å². The van der Waals surface area contributed by atoms with Crippen LogP contribution in [0.2, 0.25) is 0 Å². The van der Waals surface area contributed by atoms with Crippen LogP contribution in [0.4, 0.5) is 0 Å². The number of carbonyl (C=O) groups is 1. The van der Waals surface area contributed by atoms with Crippen molar-refractivity contribution in [3.8, 4) is 33.7 Å². The van der Waals surface area contributed by atoms with E-state index in [0.29, 0.717) is 5.76 Å². The van der Waals surface area contributed by atoms with Gasteiger partial charge in [-0.2, -0.15) is 0 Å². The molecule has 3 aromatic carbocycles. The monoisotopic (exact) mass is 611 g/mol. The second-order valence-corrected chi connectivity index (χ2v) is 7.75. The van der Waals surface area contributed by atoms with E-state index in [9.17, 15) is 4.79 Å². The molecule has 33 heavy (non-hydrogen) atoms. The van der Waals surface area contributed by atoms with Crippen LogP contribution in [0.3, 0.4) is 0 Å². The number of furan rings is 1. The summed E-state index contributed by atoms with van der Waals surface area (Å²) < 4.78 is 5.99. The molecule has 1 radical (unpaired) electrons. The van der Waals surface area contributed by atoms with Crippen molar-refractivity contribution in [3.63, 3.8) is 0 Å². The van der Waals surface area contributed by atoms with Crippen LogP contribution in [-0.4, -0.2) is 15.9 Å². The van der Waals surface area contributed by atoms with E-state index in [4.69, 9.17) is 14.5 Å². The Balaban J connectivity index is 0.000000287. The third-order valence-corrected chi connectivity index (χ3v) is 5.33. The first-order chi connectivity index (χ1) is 15.5. The van der Waals surface area contributed by atoms with Crippen molar-refractivity contribution in [2.75, 3.05) is 0 Å². The first-order valence-electron chi connectivity index (χ1n) is 10.3. The molecule has 0 amide bonds. The van der Waals surface area contributed by atoms with E-state index < -0.39 is 0 Å². The Bertz CT molecular complexity index is 1490. The molecule has 0 saturated carbocycles. The minimum atomic E-state index is -0.125. The normalized spacial score (nSPS) is 11.5. The minimum Gasteiger partial charge on any atom is -0.518 e. The molecule has 0 spiro atoms. The molecular weight excluding hydrogens is 591 g/mol. The molecule has 1 aliphatic carbocycles. The number of hydrogen-bond donors (Lipinski definition) is 1. The molecule has 4 nitrogen and oxygen atoms in total. The number of ketones is 1. The summed E-state index contributed by atoms with van der Waals surface area (Å²) in [5.41, 5.74) is 7.67. The zero-order valence-corrected chi connectivity index (χ0v) is 20.4. The van der Waals surface area contributed by atoms with Crippen LogP contribution in [0.5, 0.6) is 0 Å². The standard InChI is InChI=1S/C23H12NO.C5H8O2.Ir/c1-4-11-21-14(6-1)12-22(25-21)20-13-18-16-8-3-2-7-15(16)17-9-5-10-19(24-20)23(17)18;1-4(6)3-5(2)7;/h1-11,13H;3,6H,1-2H3;/q-1;;. The van der Waals surface area contributed by atoms with Gasteiger partial charge in [-0.05, 0) is 42.2 Å². The zero-order valence-electron chi connectivity index (χ0n) is 18.0. The third-order valence-electron chi connectivity index (χ3n) is 5.33. The van der Waals surface area contributed by atoms with Crippen molar-refractivity contribution in [3.05, 3.63) is 90.7 Å². The second-order valence-electron chi connectivity index (χ2n) is 7.75. The summed E-state index contributed by atoms with van der Waals surface area (Å²) in [5, 5.41) is 10.6. The molecule has 2 heterocycles. The summed E-state index contributed by atoms with van der Waals surface area (Å²) in [6.07, 6.45) is 1.17. The van der Waals surface area contributed by atoms with Gasteiger partial charge >= 0.3 is 0 Å². The van der Waals surface area contributed by atoms with E-state index in [1.807, 2.05) is 24.3 Å². The van der Waals surface area contributed by atoms with Crippen LogP contribution in [-0.2, 0) is 24.9 Å². The molecule has 0 fully saturated rings. The van der Waals surface area contributed by atoms with Crippen molar-refractivity contribution < 1.29 is 34.4 Å². The van der Waals surface area contributed by atoms with Gasteiger partial charge in [0.1, 0.15) is 0 Å². The van der Waals surface area contributed by atoms with Gasteiger partial charge in [0, 0.05) is 42.8 Å². The fourth-order valence-corrected chi connectivity index (χ4v) is 4.12. The number of aromatic nitrogens is 1. The van der Waals surface area contributed by atoms with Crippen molar-refractivity contribution in [2.24, 2.45) is 0 Å². The molecule has 1 aliphatic rings. The first kappa shape index (κ1) is 22.7. The maximum absolute atomic E-state index is 10.0. The maximum Gasteiger partial charge on any atom is 0.155 e. The summed E-state index contributed by atoms with van der Waals surface area (Å²) in [7, 11) is 0. The largest absolute Gasteiger partial charge is 0.518 e. The number of hydrogen-bond acceptors (Lipinski definition) is 4. The summed E-state index contributed by atoms with van der Waals surface area (Å²) in [5.74, 6) is 0.627. The van der Waals surface area contributed by atoms with Crippen LogP contribution >= 0.6 is 0 Å². The Morgan fingerprint density at radius 3 is 2.24 bits per heavy atom. The van der Waals surface area contributed by atoms with Gasteiger partial charge < -0.3 is 9.52 Å². The predicted octanol–water partition coefficient (Wildman–Crippen LogP) is 7.13. The molecule has 0 aliphatic heterocycles. The van der Waals surface area contributed by atoms with Crippen molar-refractivity contribution in [1.82, 2.24) is 4.98 Å². The smallest absolute Gasteiger partial charge is 0.155 e. The SMILES string of the molecule is CC(=O)C=C(C)O.[Ir].[c-]1c(-c2cc3c4c(cccc4n2)-c2ccccc2-3)oc2ccccc12. The van der Waals surface area contributed by atoms with Crippen LogP contribution < -0.4 is 0 Å². The number of para-hydroxylation sites is 1. The summed E-state index contributed by atoms with van der Waals surface area (Å²) in [6.45, 7) is 2.85. The zero-order chi connectivity index (χ0) is 22.2. The van der Waals surface area contributed by atoms with Gasteiger partial charge in [0.25, 0.3) is 0 Å². The van der Waals surface area contributed by atoms with Crippen molar-refractivity contribution >= 4 is 27.7 Å². The predicted molar refractivity (Wildman–Crippen MR) is 127 cm³/mol. The Hall–Kier alpha value is -3.53. The molecule has 165 valence electrons. The van der Waals surface area contributed by atoms with Crippen molar-refractivity contribution in [1.29, 1.82) is 0 Å². The Morgan fingerprint density at radius 2 is 1.58 bits per heavy atom. The van der Waals surface area contributed by atoms with Crippen LogP contribution in [0, 0.1) is 6.07 Å². The van der Waals surface area contributed by atoms with Crippen LogP contribution in [0.15, 0.2) is 89.0 Å². The molecule has 0 bridgehead atoms. The van der Waals surface area contributed by atoms with E-state index >= 15 is 0 Å². The van der Waals surface area contributed by atoms with Gasteiger partial charge in [-0.15, -0.1) is 17.5 Å². The van der Waals surface area contributed by atoms with Crippen LogP contribution in [0.25, 0.3) is 55.6 Å². The number of allylic oxidation sites excluding steroid dienone is 2. The Morgan fingerprint density at radius 1 is 0.909 bits per heavy atom. The fraction of sp³-hybridized carbons (Fsp3) is 0.0714. The molecule has 0 saturated heterocycles. The number of rotatable bonds is 2. The van der Waals surface area contributed by atoms with E-state index in [2.05, 4.69) is 54.6 Å². The van der Waals surface area contributed by atoms with Gasteiger partial charge in [-0.25, -0.2) is 0 Å². The van der Waals surface area contributed by atoms with Gasteiger partial charge in [0.05, 0.1) is 17.0 Å². The fourth-order valence-electron chi connectivity index (χ4n) is 4.12. The molecule has 5 aromatic rings. The molecule has 1 N–H and O–H groups in total. The van der Waals surface area contributed by atoms with Gasteiger partial charge in [-0.3, -0.25) is 9.78 Å². The molecule has 0 atom stereocenters. The number of aliphatic hydroxyl groups is 1. The first-order valence-corrected chi connectivity index (χ1v) is 10.3. The third kappa shape index (κ3) is 4.25. The molecule has 5 heteroatoms. The van der Waals surface area contributed by atoms with Crippen LogP contribution in [0.1, 0.15) is 13.8 Å². The van der Waals surface area contributed by atoms with Crippen molar-refractivity contribution in [2.45, 2.75) is 13.8 Å². The number of aliphatic hydroxyl groups excluding tert-OH is 1. The molecule has 2 aromatic heterocycles. The molecular formula is C28H20IrNO3-. The summed E-state index contributed by atoms with van der Waals surface area (Å²) >= 11 is 0. The number of benzene rings is 3. The number of fused-ring (bicyclic) bond motifs is 4. The van der Waals surface area contributed by atoms with E-state index in [1.165, 1.54) is 47.6 Å². The average molecular weight is 611 g/mol.